The molecular formula is C14H14N2OS. The number of anilines is 1. The van der Waals surface area contributed by atoms with E-state index in [2.05, 4.69) is 0 Å². The predicted molar refractivity (Wildman–Crippen MR) is 76.9 cm³/mol. The Hall–Kier alpha value is -1.91. The summed E-state index contributed by atoms with van der Waals surface area (Å²) in [4.78, 5) is 5.64. The molecule has 18 heavy (non-hydrogen) atoms. The first kappa shape index (κ1) is 12.5. The van der Waals surface area contributed by atoms with Crippen molar-refractivity contribution in [1.29, 1.82) is 0 Å². The molecule has 4 heteroatoms. The van der Waals surface area contributed by atoms with Gasteiger partial charge in [0.05, 0.1) is 5.69 Å². The molecule has 0 aliphatic heterocycles. The van der Waals surface area contributed by atoms with E-state index in [1.54, 1.807) is 0 Å². The zero-order valence-electron chi connectivity index (χ0n) is 9.82. The first-order valence-electron chi connectivity index (χ1n) is 5.59. The van der Waals surface area contributed by atoms with Crippen molar-refractivity contribution in [3.63, 3.8) is 0 Å². The highest BCUT2D eigenvalue weighted by Gasteiger charge is 2.09. The van der Waals surface area contributed by atoms with Gasteiger partial charge in [0.25, 0.3) is 0 Å². The first-order valence-corrected chi connectivity index (χ1v) is 5.99. The molecule has 0 aliphatic carbocycles. The van der Waals surface area contributed by atoms with Crippen molar-refractivity contribution in [2.45, 2.75) is 6.61 Å². The van der Waals surface area contributed by atoms with Crippen LogP contribution >= 0.6 is 12.2 Å². The zero-order valence-corrected chi connectivity index (χ0v) is 10.6. The fourth-order valence-corrected chi connectivity index (χ4v) is 1.70. The second-order valence-corrected chi connectivity index (χ2v) is 4.15. The molecule has 2 aromatic rings. The van der Waals surface area contributed by atoms with Crippen molar-refractivity contribution in [1.82, 2.24) is 0 Å². The van der Waals surface area contributed by atoms with E-state index in [1.807, 2.05) is 60.7 Å². The van der Waals surface area contributed by atoms with E-state index in [-0.39, 0.29) is 5.11 Å². The minimum Gasteiger partial charge on any atom is -0.374 e. The fraction of sp³-hybridized carbons (Fsp3) is 0.0714. The third-order valence-electron chi connectivity index (χ3n) is 2.39. The molecule has 2 rings (SSSR count). The smallest absolute Gasteiger partial charge is 0.195 e. The number of hydrogen-bond donors (Lipinski definition) is 1. The van der Waals surface area contributed by atoms with E-state index in [9.17, 15) is 0 Å². The Morgan fingerprint density at radius 2 is 1.56 bits per heavy atom. The molecule has 92 valence electrons. The van der Waals surface area contributed by atoms with Crippen molar-refractivity contribution in [2.75, 3.05) is 5.06 Å². The molecule has 3 nitrogen and oxygen atoms in total. The topological polar surface area (TPSA) is 38.5 Å². The van der Waals surface area contributed by atoms with Crippen LogP contribution in [0.5, 0.6) is 0 Å². The standard InChI is InChI=1S/C14H14N2OS/c15-14(18)16(13-9-5-2-6-10-13)17-11-12-7-3-1-4-8-12/h1-10H,11H2,(H2,15,18). The molecule has 0 unspecified atom stereocenters. The quantitative estimate of drug-likeness (QED) is 0.676. The lowest BCUT2D eigenvalue weighted by Gasteiger charge is -2.21. The summed E-state index contributed by atoms with van der Waals surface area (Å²) in [6.07, 6.45) is 0. The lowest BCUT2D eigenvalue weighted by molar-refractivity contribution is 0.130. The first-order chi connectivity index (χ1) is 8.77. The molecule has 0 atom stereocenters. The highest BCUT2D eigenvalue weighted by molar-refractivity contribution is 7.80. The number of hydroxylamine groups is 1. The van der Waals surface area contributed by atoms with E-state index in [0.29, 0.717) is 6.61 Å². The van der Waals surface area contributed by atoms with Gasteiger partial charge in [-0.1, -0.05) is 48.5 Å². The molecule has 0 saturated carbocycles. The van der Waals surface area contributed by atoms with Crippen LogP contribution in [-0.4, -0.2) is 5.11 Å². The number of benzene rings is 2. The summed E-state index contributed by atoms with van der Waals surface area (Å²) in [6.45, 7) is 0.424. The van der Waals surface area contributed by atoms with E-state index < -0.39 is 0 Å². The van der Waals surface area contributed by atoms with Crippen molar-refractivity contribution in [3.8, 4) is 0 Å². The van der Waals surface area contributed by atoms with Gasteiger partial charge >= 0.3 is 0 Å². The molecule has 0 radical (unpaired) electrons. The van der Waals surface area contributed by atoms with Crippen LogP contribution < -0.4 is 10.8 Å². The summed E-state index contributed by atoms with van der Waals surface area (Å²) < 4.78 is 0. The summed E-state index contributed by atoms with van der Waals surface area (Å²) in [6, 6.07) is 19.4. The molecule has 0 amide bonds. The zero-order chi connectivity index (χ0) is 12.8. The molecule has 0 spiro atoms. The monoisotopic (exact) mass is 258 g/mol. The van der Waals surface area contributed by atoms with Crippen LogP contribution in [0.1, 0.15) is 5.56 Å². The number of para-hydroxylation sites is 1. The summed E-state index contributed by atoms with van der Waals surface area (Å²) in [5, 5.41) is 1.65. The number of hydrogen-bond acceptors (Lipinski definition) is 2. The van der Waals surface area contributed by atoms with Crippen LogP contribution in [0.4, 0.5) is 5.69 Å². The maximum Gasteiger partial charge on any atom is 0.195 e. The van der Waals surface area contributed by atoms with Crippen LogP contribution in [0.3, 0.4) is 0 Å². The molecule has 2 N–H and O–H groups in total. The number of nitrogens with two attached hydrogens (primary N) is 1. The van der Waals surface area contributed by atoms with Crippen LogP contribution in [-0.2, 0) is 11.4 Å². The second kappa shape index (κ2) is 6.14. The lowest BCUT2D eigenvalue weighted by atomic mass is 10.2. The number of rotatable bonds is 4. The summed E-state index contributed by atoms with van der Waals surface area (Å²) in [7, 11) is 0. The van der Waals surface area contributed by atoms with Gasteiger partial charge in [-0.3, -0.25) is 4.84 Å². The fourth-order valence-electron chi connectivity index (χ4n) is 1.54. The van der Waals surface area contributed by atoms with Gasteiger partial charge in [0.15, 0.2) is 5.11 Å². The average Bonchev–Trinajstić information content (AvgIpc) is 2.41. The Morgan fingerprint density at radius 3 is 2.11 bits per heavy atom. The Morgan fingerprint density at radius 1 is 1.00 bits per heavy atom. The molecule has 2 aromatic carbocycles. The summed E-state index contributed by atoms with van der Waals surface area (Å²) in [5.74, 6) is 0. The van der Waals surface area contributed by atoms with E-state index in [4.69, 9.17) is 22.8 Å². The van der Waals surface area contributed by atoms with Crippen molar-refractivity contribution in [3.05, 3.63) is 66.2 Å². The number of thiocarbonyl (C=S) groups is 1. The van der Waals surface area contributed by atoms with Gasteiger partial charge in [-0.2, -0.15) is 5.06 Å². The van der Waals surface area contributed by atoms with Gasteiger partial charge in [-0.25, -0.2) is 0 Å². The molecule has 0 aromatic heterocycles. The lowest BCUT2D eigenvalue weighted by Crippen LogP contribution is -2.35. The maximum atomic E-state index is 5.67. The minimum absolute atomic E-state index is 0.192. The van der Waals surface area contributed by atoms with Crippen LogP contribution in [0.2, 0.25) is 0 Å². The van der Waals surface area contributed by atoms with Crippen LogP contribution in [0.15, 0.2) is 60.7 Å². The number of nitrogens with zero attached hydrogens (tertiary/aromatic N) is 1. The van der Waals surface area contributed by atoms with Crippen molar-refractivity contribution >= 4 is 23.0 Å². The summed E-state index contributed by atoms with van der Waals surface area (Å²) in [5.41, 5.74) is 7.55. The Labute approximate surface area is 112 Å². The van der Waals surface area contributed by atoms with Gasteiger partial charge in [-0.15, -0.1) is 0 Å². The van der Waals surface area contributed by atoms with Gasteiger partial charge in [-0.05, 0) is 29.9 Å². The highest BCUT2D eigenvalue weighted by atomic mass is 32.1. The van der Waals surface area contributed by atoms with E-state index in [1.165, 1.54) is 5.06 Å². The van der Waals surface area contributed by atoms with Gasteiger partial charge in [0.2, 0.25) is 0 Å². The third-order valence-corrected chi connectivity index (χ3v) is 2.56. The molecule has 0 heterocycles. The Bertz CT molecular complexity index is 502. The third kappa shape index (κ3) is 3.29. The predicted octanol–water partition coefficient (Wildman–Crippen LogP) is 2.87. The van der Waals surface area contributed by atoms with Crippen LogP contribution in [0.25, 0.3) is 0 Å². The second-order valence-electron chi connectivity index (χ2n) is 3.73. The molecule has 0 saturated heterocycles. The SMILES string of the molecule is NC(=S)N(OCc1ccccc1)c1ccccc1. The normalized spacial score (nSPS) is 10.0. The highest BCUT2D eigenvalue weighted by Crippen LogP contribution is 2.15. The largest absolute Gasteiger partial charge is 0.374 e. The Kier molecular flexibility index (Phi) is 4.28. The molecular weight excluding hydrogens is 244 g/mol. The van der Waals surface area contributed by atoms with Crippen LogP contribution in [0, 0.1) is 0 Å². The molecule has 0 aliphatic rings. The summed E-state index contributed by atoms with van der Waals surface area (Å²) >= 11 is 4.99. The maximum absolute atomic E-state index is 5.67. The van der Waals surface area contributed by atoms with E-state index in [0.717, 1.165) is 11.3 Å². The minimum atomic E-state index is 0.192. The van der Waals surface area contributed by atoms with Gasteiger partial charge in [0, 0.05) is 0 Å². The average molecular weight is 258 g/mol. The molecule has 0 fully saturated rings. The van der Waals surface area contributed by atoms with Gasteiger partial charge in [0.1, 0.15) is 6.61 Å². The van der Waals surface area contributed by atoms with Crippen molar-refractivity contribution in [2.24, 2.45) is 5.73 Å². The van der Waals surface area contributed by atoms with Crippen molar-refractivity contribution < 1.29 is 4.84 Å². The van der Waals surface area contributed by atoms with Gasteiger partial charge < -0.3 is 5.73 Å². The van der Waals surface area contributed by atoms with E-state index >= 15 is 0 Å². The molecule has 0 bridgehead atoms. The Balaban J connectivity index is 2.06.